The van der Waals surface area contributed by atoms with Crippen LogP contribution in [0.2, 0.25) is 0 Å². The van der Waals surface area contributed by atoms with Crippen LogP contribution in [0, 0.1) is 0 Å². The van der Waals surface area contributed by atoms with E-state index in [0.717, 1.165) is 17.1 Å². The zero-order valence-electron chi connectivity index (χ0n) is 30.5. The van der Waals surface area contributed by atoms with Crippen molar-refractivity contribution >= 4 is 38.6 Å². The summed E-state index contributed by atoms with van der Waals surface area (Å²) in [7, 11) is 0. The number of benzene rings is 9. The fraction of sp³-hybridized carbons (Fsp3) is 0.0566. The van der Waals surface area contributed by atoms with Gasteiger partial charge in [-0.05, 0) is 138 Å². The van der Waals surface area contributed by atoms with Crippen molar-refractivity contribution in [3.8, 4) is 44.5 Å². The maximum absolute atomic E-state index is 2.42. The van der Waals surface area contributed by atoms with Gasteiger partial charge in [0.05, 0.1) is 0 Å². The van der Waals surface area contributed by atoms with Gasteiger partial charge in [0.1, 0.15) is 0 Å². The third-order valence-electron chi connectivity index (χ3n) is 11.4. The molecule has 0 aromatic heterocycles. The minimum absolute atomic E-state index is 0.155. The van der Waals surface area contributed by atoms with E-state index in [4.69, 9.17) is 0 Å². The molecule has 1 aliphatic carbocycles. The third kappa shape index (κ3) is 5.49. The highest BCUT2D eigenvalue weighted by atomic mass is 15.1. The molecule has 0 fully saturated rings. The summed E-state index contributed by atoms with van der Waals surface area (Å²) in [6, 6.07) is 73.4. The first-order valence-electron chi connectivity index (χ1n) is 18.8. The quantitative estimate of drug-likeness (QED) is 0.168. The average Bonchev–Trinajstić information content (AvgIpc) is 3.46. The molecule has 1 heteroatoms. The van der Waals surface area contributed by atoms with E-state index in [1.165, 1.54) is 77.2 Å². The molecule has 256 valence electrons. The van der Waals surface area contributed by atoms with Gasteiger partial charge in [0.25, 0.3) is 0 Å². The summed E-state index contributed by atoms with van der Waals surface area (Å²) in [6.45, 7) is 4.75. The molecule has 0 aliphatic heterocycles. The summed E-state index contributed by atoms with van der Waals surface area (Å²) in [5, 5.41) is 5.03. The molecule has 0 radical (unpaired) electrons. The van der Waals surface area contributed by atoms with E-state index in [9.17, 15) is 0 Å². The number of hydrogen-bond donors (Lipinski definition) is 0. The van der Waals surface area contributed by atoms with Crippen LogP contribution in [0.25, 0.3) is 66.1 Å². The predicted molar refractivity (Wildman–Crippen MR) is 230 cm³/mol. The Bertz CT molecular complexity index is 2830. The number of rotatable bonds is 6. The maximum atomic E-state index is 2.42. The van der Waals surface area contributed by atoms with Crippen LogP contribution < -0.4 is 4.90 Å². The summed E-state index contributed by atoms with van der Waals surface area (Å²) < 4.78 is 0. The molecule has 0 saturated carbocycles. The van der Waals surface area contributed by atoms with Crippen molar-refractivity contribution in [2.45, 2.75) is 19.3 Å². The van der Waals surface area contributed by atoms with Crippen molar-refractivity contribution < 1.29 is 0 Å². The van der Waals surface area contributed by atoms with Crippen molar-refractivity contribution in [3.05, 3.63) is 211 Å². The number of anilines is 3. The molecule has 0 saturated heterocycles. The maximum Gasteiger partial charge on any atom is 0.0465 e. The zero-order chi connectivity index (χ0) is 36.2. The average molecular weight is 690 g/mol. The Morgan fingerprint density at radius 3 is 1.37 bits per heavy atom. The van der Waals surface area contributed by atoms with Gasteiger partial charge < -0.3 is 4.90 Å². The van der Waals surface area contributed by atoms with Gasteiger partial charge >= 0.3 is 0 Å². The zero-order valence-corrected chi connectivity index (χ0v) is 30.5. The van der Waals surface area contributed by atoms with Gasteiger partial charge in [0, 0.05) is 22.5 Å². The lowest BCUT2D eigenvalue weighted by atomic mass is 9.81. The second kappa shape index (κ2) is 12.8. The minimum Gasteiger partial charge on any atom is -0.310 e. The number of para-hydroxylation sites is 1. The highest BCUT2D eigenvalue weighted by Crippen LogP contribution is 2.51. The molecule has 0 amide bonds. The van der Waals surface area contributed by atoms with Gasteiger partial charge in [-0.1, -0.05) is 153 Å². The standard InChI is InChI=1S/C53H39N/c1-53(2)51-34-45(44-18-17-37-13-9-10-14-39(37)31-44)25-29-49(51)50-30-28-48(35-52(50)53)54(46-15-7-4-8-16-46)47-26-23-38(24-27-47)41-20-22-42-32-40(19-21-43(42)33-41)36-11-5-3-6-12-36/h3-35H,1-2H3. The second-order valence-electron chi connectivity index (χ2n) is 15.0. The lowest BCUT2D eigenvalue weighted by Crippen LogP contribution is -2.16. The molecule has 9 aromatic carbocycles. The molecule has 54 heavy (non-hydrogen) atoms. The van der Waals surface area contributed by atoms with Crippen LogP contribution >= 0.6 is 0 Å². The normalized spacial score (nSPS) is 12.8. The Labute approximate surface area is 317 Å². The first kappa shape index (κ1) is 32.0. The minimum atomic E-state index is -0.155. The number of nitrogens with zero attached hydrogens (tertiary/aromatic N) is 1. The van der Waals surface area contributed by atoms with Crippen molar-refractivity contribution in [2.24, 2.45) is 0 Å². The highest BCUT2D eigenvalue weighted by Gasteiger charge is 2.36. The molecule has 0 atom stereocenters. The van der Waals surface area contributed by atoms with Gasteiger partial charge in [0.2, 0.25) is 0 Å². The van der Waals surface area contributed by atoms with Crippen LogP contribution in [0.5, 0.6) is 0 Å². The van der Waals surface area contributed by atoms with Crippen LogP contribution in [-0.4, -0.2) is 0 Å². The number of fused-ring (bicyclic) bond motifs is 5. The Balaban J connectivity index is 0.986. The topological polar surface area (TPSA) is 3.24 Å². The fourth-order valence-electron chi connectivity index (χ4n) is 8.48. The van der Waals surface area contributed by atoms with Crippen molar-refractivity contribution in [2.75, 3.05) is 4.90 Å². The summed E-state index contributed by atoms with van der Waals surface area (Å²) in [5.41, 5.74) is 16.1. The van der Waals surface area contributed by atoms with Gasteiger partial charge in [-0.15, -0.1) is 0 Å². The number of hydrogen-bond acceptors (Lipinski definition) is 1. The Morgan fingerprint density at radius 2 is 0.704 bits per heavy atom. The van der Waals surface area contributed by atoms with E-state index in [2.05, 4.69) is 219 Å². The van der Waals surface area contributed by atoms with Crippen molar-refractivity contribution in [3.63, 3.8) is 0 Å². The van der Waals surface area contributed by atoms with Gasteiger partial charge in [0.15, 0.2) is 0 Å². The van der Waals surface area contributed by atoms with Crippen LogP contribution in [-0.2, 0) is 5.41 Å². The molecule has 0 heterocycles. The molecule has 0 unspecified atom stereocenters. The molecule has 0 spiro atoms. The molecule has 0 bridgehead atoms. The van der Waals surface area contributed by atoms with Gasteiger partial charge in [-0.25, -0.2) is 0 Å². The van der Waals surface area contributed by atoms with E-state index in [1.54, 1.807) is 0 Å². The smallest absolute Gasteiger partial charge is 0.0465 e. The molecular weight excluding hydrogens is 651 g/mol. The van der Waals surface area contributed by atoms with E-state index < -0.39 is 0 Å². The fourth-order valence-corrected chi connectivity index (χ4v) is 8.48. The van der Waals surface area contributed by atoms with E-state index in [1.807, 2.05) is 0 Å². The molecule has 9 aromatic rings. The lowest BCUT2D eigenvalue weighted by molar-refractivity contribution is 0.660. The SMILES string of the molecule is CC1(C)c2cc(-c3ccc4ccccc4c3)ccc2-c2ccc(N(c3ccccc3)c3ccc(-c4ccc5cc(-c6ccccc6)ccc5c4)cc3)cc21. The summed E-state index contributed by atoms with van der Waals surface area (Å²) >= 11 is 0. The molecule has 1 aliphatic rings. The van der Waals surface area contributed by atoms with E-state index in [0.29, 0.717) is 0 Å². The third-order valence-corrected chi connectivity index (χ3v) is 11.4. The van der Waals surface area contributed by atoms with Gasteiger partial charge in [-0.3, -0.25) is 0 Å². The van der Waals surface area contributed by atoms with Crippen LogP contribution in [0.4, 0.5) is 17.1 Å². The molecule has 0 N–H and O–H groups in total. The van der Waals surface area contributed by atoms with E-state index >= 15 is 0 Å². The van der Waals surface area contributed by atoms with Crippen LogP contribution in [0.15, 0.2) is 200 Å². The summed E-state index contributed by atoms with van der Waals surface area (Å²) in [5.74, 6) is 0. The molecule has 10 rings (SSSR count). The second-order valence-corrected chi connectivity index (χ2v) is 15.0. The predicted octanol–water partition coefficient (Wildman–Crippen LogP) is 14.8. The molecule has 1 nitrogen and oxygen atoms in total. The summed E-state index contributed by atoms with van der Waals surface area (Å²) in [6.07, 6.45) is 0. The highest BCUT2D eigenvalue weighted by molar-refractivity contribution is 5.92. The van der Waals surface area contributed by atoms with Crippen LogP contribution in [0.3, 0.4) is 0 Å². The van der Waals surface area contributed by atoms with Crippen LogP contribution in [0.1, 0.15) is 25.0 Å². The Hall–Kier alpha value is -6.70. The first-order chi connectivity index (χ1) is 26.5. The monoisotopic (exact) mass is 689 g/mol. The van der Waals surface area contributed by atoms with Gasteiger partial charge in [-0.2, -0.15) is 0 Å². The molecular formula is C53H39N. The largest absolute Gasteiger partial charge is 0.310 e. The first-order valence-corrected chi connectivity index (χ1v) is 18.8. The summed E-state index contributed by atoms with van der Waals surface area (Å²) in [4.78, 5) is 2.38. The van der Waals surface area contributed by atoms with Crippen molar-refractivity contribution in [1.82, 2.24) is 0 Å². The Morgan fingerprint density at radius 1 is 0.296 bits per heavy atom. The lowest BCUT2D eigenvalue weighted by Gasteiger charge is -2.28. The van der Waals surface area contributed by atoms with E-state index in [-0.39, 0.29) is 5.41 Å². The van der Waals surface area contributed by atoms with Crippen molar-refractivity contribution in [1.29, 1.82) is 0 Å². The Kier molecular flexibility index (Phi) is 7.56.